The summed E-state index contributed by atoms with van der Waals surface area (Å²) >= 11 is 5.02. The van der Waals surface area contributed by atoms with Crippen LogP contribution in [0.4, 0.5) is 5.82 Å². The Bertz CT molecular complexity index is 1010. The van der Waals surface area contributed by atoms with E-state index in [1.807, 2.05) is 0 Å². The van der Waals surface area contributed by atoms with E-state index in [0.717, 1.165) is 0 Å². The standard InChI is InChI=1S/C19H20N4O4S/c1-12(11-24)26-15-7-13(19(25)21-17-5-6-23(2)22-17)8-16(9-15)27-14-3-4-18(28)20-10-14/h3-10,12,24H,11H2,1-2H3,(H,20,28)(H,21,22,25). The van der Waals surface area contributed by atoms with Crippen LogP contribution in [0.1, 0.15) is 17.3 Å². The summed E-state index contributed by atoms with van der Waals surface area (Å²) in [6.07, 6.45) is 2.92. The number of anilines is 1. The topological polar surface area (TPSA) is 101 Å². The van der Waals surface area contributed by atoms with Gasteiger partial charge >= 0.3 is 0 Å². The van der Waals surface area contributed by atoms with Crippen LogP contribution in [0, 0.1) is 4.64 Å². The molecule has 0 aliphatic heterocycles. The zero-order chi connectivity index (χ0) is 20.1. The molecule has 3 N–H and O–H groups in total. The first-order chi connectivity index (χ1) is 13.4. The van der Waals surface area contributed by atoms with Gasteiger partial charge in [0.15, 0.2) is 5.82 Å². The second-order valence-corrected chi connectivity index (χ2v) is 6.56. The van der Waals surface area contributed by atoms with Crippen molar-refractivity contribution in [1.82, 2.24) is 14.8 Å². The molecule has 2 aromatic heterocycles. The largest absolute Gasteiger partial charge is 0.488 e. The molecule has 0 radical (unpaired) electrons. The average Bonchev–Trinajstić information content (AvgIpc) is 3.08. The fraction of sp³-hybridized carbons (Fsp3) is 0.211. The summed E-state index contributed by atoms with van der Waals surface area (Å²) in [6.45, 7) is 1.56. The van der Waals surface area contributed by atoms with Gasteiger partial charge in [-0.2, -0.15) is 5.10 Å². The van der Waals surface area contributed by atoms with E-state index in [1.54, 1.807) is 67.4 Å². The van der Waals surface area contributed by atoms with Gasteiger partial charge in [0.2, 0.25) is 0 Å². The van der Waals surface area contributed by atoms with Crippen LogP contribution in [0.5, 0.6) is 17.2 Å². The lowest BCUT2D eigenvalue weighted by atomic mass is 10.2. The second kappa shape index (κ2) is 8.68. The van der Waals surface area contributed by atoms with Crippen LogP contribution in [0.2, 0.25) is 0 Å². The summed E-state index contributed by atoms with van der Waals surface area (Å²) in [6, 6.07) is 9.93. The SMILES string of the molecule is CC(CO)Oc1cc(Oc2ccc(=S)[nH]c2)cc(C(=O)Nc2ccn(C)n2)c1. The maximum absolute atomic E-state index is 12.6. The van der Waals surface area contributed by atoms with E-state index in [-0.39, 0.29) is 12.5 Å². The molecule has 3 rings (SSSR count). The molecule has 2 heterocycles. The molecule has 1 atom stereocenters. The van der Waals surface area contributed by atoms with Crippen LogP contribution in [-0.2, 0) is 7.05 Å². The van der Waals surface area contributed by atoms with Gasteiger partial charge in [0, 0.05) is 37.1 Å². The van der Waals surface area contributed by atoms with Crippen molar-refractivity contribution >= 4 is 23.9 Å². The normalized spacial score (nSPS) is 11.7. The number of ether oxygens (including phenoxy) is 2. The molecule has 146 valence electrons. The molecule has 0 fully saturated rings. The van der Waals surface area contributed by atoms with E-state index in [1.165, 1.54) is 0 Å². The number of hydrogen-bond acceptors (Lipinski definition) is 6. The minimum atomic E-state index is -0.435. The van der Waals surface area contributed by atoms with E-state index in [2.05, 4.69) is 15.4 Å². The molecule has 0 spiro atoms. The summed E-state index contributed by atoms with van der Waals surface area (Å²) in [7, 11) is 1.76. The number of nitrogens with one attached hydrogen (secondary N) is 2. The summed E-state index contributed by atoms with van der Waals surface area (Å²) in [5.41, 5.74) is 0.326. The smallest absolute Gasteiger partial charge is 0.257 e. The quantitative estimate of drug-likeness (QED) is 0.526. The Morgan fingerprint density at radius 3 is 2.71 bits per heavy atom. The van der Waals surface area contributed by atoms with Crippen molar-refractivity contribution in [1.29, 1.82) is 0 Å². The average molecular weight is 400 g/mol. The number of aliphatic hydroxyl groups is 1. The lowest BCUT2D eigenvalue weighted by Gasteiger charge is -2.15. The van der Waals surface area contributed by atoms with Gasteiger partial charge in [-0.15, -0.1) is 0 Å². The zero-order valence-corrected chi connectivity index (χ0v) is 16.2. The summed E-state index contributed by atoms with van der Waals surface area (Å²) < 4.78 is 13.6. The third kappa shape index (κ3) is 5.18. The van der Waals surface area contributed by atoms with Crippen LogP contribution in [0.3, 0.4) is 0 Å². The van der Waals surface area contributed by atoms with Gasteiger partial charge in [0.05, 0.1) is 6.61 Å². The number of carbonyl (C=O) groups excluding carboxylic acids is 1. The van der Waals surface area contributed by atoms with Gasteiger partial charge in [-0.1, -0.05) is 12.2 Å². The van der Waals surface area contributed by atoms with Crippen LogP contribution in [0.15, 0.2) is 48.8 Å². The van der Waals surface area contributed by atoms with Gasteiger partial charge < -0.3 is 24.9 Å². The summed E-state index contributed by atoms with van der Waals surface area (Å²) in [5, 5.41) is 16.1. The number of H-pyrrole nitrogens is 1. The van der Waals surface area contributed by atoms with Gasteiger partial charge in [0.1, 0.15) is 28.0 Å². The van der Waals surface area contributed by atoms with Gasteiger partial charge in [0.25, 0.3) is 5.91 Å². The summed E-state index contributed by atoms with van der Waals surface area (Å²) in [4.78, 5) is 15.5. The van der Waals surface area contributed by atoms with Crippen molar-refractivity contribution in [2.45, 2.75) is 13.0 Å². The molecule has 28 heavy (non-hydrogen) atoms. The van der Waals surface area contributed by atoms with E-state index < -0.39 is 6.10 Å². The van der Waals surface area contributed by atoms with E-state index in [9.17, 15) is 9.90 Å². The number of aromatic amines is 1. The highest BCUT2D eigenvalue weighted by Crippen LogP contribution is 2.28. The first kappa shape index (κ1) is 19.6. The van der Waals surface area contributed by atoms with Crippen LogP contribution < -0.4 is 14.8 Å². The highest BCUT2D eigenvalue weighted by Gasteiger charge is 2.14. The lowest BCUT2D eigenvalue weighted by Crippen LogP contribution is -2.17. The van der Waals surface area contributed by atoms with Crippen LogP contribution in [-0.4, -0.2) is 38.5 Å². The minimum absolute atomic E-state index is 0.157. The molecule has 0 bridgehead atoms. The second-order valence-electron chi connectivity index (χ2n) is 6.12. The van der Waals surface area contributed by atoms with Crippen molar-refractivity contribution in [3.05, 3.63) is 59.0 Å². The Morgan fingerprint density at radius 1 is 1.29 bits per heavy atom. The lowest BCUT2D eigenvalue weighted by molar-refractivity contribution is 0.102. The number of aliphatic hydroxyl groups excluding tert-OH is 1. The number of amides is 1. The maximum Gasteiger partial charge on any atom is 0.257 e. The molecule has 0 aliphatic rings. The molecule has 1 amide bonds. The number of aryl methyl sites for hydroxylation is 1. The number of hydrogen-bond donors (Lipinski definition) is 3. The first-order valence-corrected chi connectivity index (χ1v) is 8.94. The number of pyridine rings is 1. The highest BCUT2D eigenvalue weighted by atomic mass is 32.1. The Labute approximate surface area is 166 Å². The van der Waals surface area contributed by atoms with Crippen molar-refractivity contribution in [3.8, 4) is 17.2 Å². The molecule has 1 aromatic carbocycles. The molecule has 8 nitrogen and oxygen atoms in total. The van der Waals surface area contributed by atoms with Gasteiger partial charge in [-0.05, 0) is 31.2 Å². The minimum Gasteiger partial charge on any atom is -0.488 e. The summed E-state index contributed by atoms with van der Waals surface area (Å²) in [5.74, 6) is 1.39. The molecule has 1 unspecified atom stereocenters. The molecule has 9 heteroatoms. The van der Waals surface area contributed by atoms with Gasteiger partial charge in [-0.25, -0.2) is 0 Å². The number of rotatable bonds is 7. The predicted molar refractivity (Wildman–Crippen MR) is 106 cm³/mol. The Balaban J connectivity index is 1.88. The Kier molecular flexibility index (Phi) is 6.07. The van der Waals surface area contributed by atoms with Gasteiger partial charge in [-0.3, -0.25) is 9.48 Å². The molecular formula is C19H20N4O4S. The predicted octanol–water partition coefficient (Wildman–Crippen LogP) is 3.28. The third-order valence-corrected chi connectivity index (χ3v) is 3.94. The Hall–Kier alpha value is -3.17. The molecule has 0 saturated carbocycles. The fourth-order valence-corrected chi connectivity index (χ4v) is 2.49. The number of benzene rings is 1. The monoisotopic (exact) mass is 400 g/mol. The number of carbonyl (C=O) groups is 1. The van der Waals surface area contributed by atoms with E-state index >= 15 is 0 Å². The van der Waals surface area contributed by atoms with Crippen LogP contribution >= 0.6 is 12.2 Å². The third-order valence-electron chi connectivity index (χ3n) is 3.68. The van der Waals surface area contributed by atoms with E-state index in [4.69, 9.17) is 21.7 Å². The Morgan fingerprint density at radius 2 is 2.07 bits per heavy atom. The molecule has 0 aliphatic carbocycles. The number of nitrogens with zero attached hydrogens (tertiary/aromatic N) is 2. The molecule has 3 aromatic rings. The highest BCUT2D eigenvalue weighted by molar-refractivity contribution is 7.71. The van der Waals surface area contributed by atoms with Crippen molar-refractivity contribution in [3.63, 3.8) is 0 Å². The van der Waals surface area contributed by atoms with Crippen molar-refractivity contribution in [2.75, 3.05) is 11.9 Å². The maximum atomic E-state index is 12.6. The molecule has 0 saturated heterocycles. The molecular weight excluding hydrogens is 380 g/mol. The first-order valence-electron chi connectivity index (χ1n) is 8.53. The van der Waals surface area contributed by atoms with E-state index in [0.29, 0.717) is 33.3 Å². The van der Waals surface area contributed by atoms with Crippen molar-refractivity contribution < 1.29 is 19.4 Å². The van der Waals surface area contributed by atoms with Crippen LogP contribution in [0.25, 0.3) is 0 Å². The zero-order valence-electron chi connectivity index (χ0n) is 15.4. The number of aromatic nitrogens is 3. The fourth-order valence-electron chi connectivity index (χ4n) is 2.37. The van der Waals surface area contributed by atoms with Crippen molar-refractivity contribution in [2.24, 2.45) is 7.05 Å².